The number of sulfonamides is 1. The lowest BCUT2D eigenvalue weighted by molar-refractivity contribution is 0.136. The summed E-state index contributed by atoms with van der Waals surface area (Å²) in [6, 6.07) is 7.69. The Bertz CT molecular complexity index is 1130. The van der Waals surface area contributed by atoms with E-state index in [1.807, 2.05) is 32.0 Å². The highest BCUT2D eigenvalue weighted by Gasteiger charge is 2.23. The van der Waals surface area contributed by atoms with Crippen LogP contribution in [0.15, 0.2) is 41.6 Å². The van der Waals surface area contributed by atoms with Crippen LogP contribution in [0.3, 0.4) is 0 Å². The molecular weight excluding hydrogens is 392 g/mol. The first kappa shape index (κ1) is 19.3. The normalized spacial score (nSPS) is 14.4. The van der Waals surface area contributed by atoms with Crippen molar-refractivity contribution in [3.05, 3.63) is 47.8 Å². The molecule has 0 unspecified atom stereocenters. The maximum atomic E-state index is 12.7. The van der Waals surface area contributed by atoms with Crippen LogP contribution in [0.5, 0.6) is 5.88 Å². The van der Waals surface area contributed by atoms with E-state index in [0.717, 1.165) is 29.8 Å². The van der Waals surface area contributed by atoms with Gasteiger partial charge in [0.05, 0.1) is 11.9 Å². The first-order valence-electron chi connectivity index (χ1n) is 9.16. The first-order chi connectivity index (χ1) is 13.8. The van der Waals surface area contributed by atoms with Crippen molar-refractivity contribution in [2.45, 2.75) is 24.8 Å². The summed E-state index contributed by atoms with van der Waals surface area (Å²) in [6.45, 7) is 5.42. The van der Waals surface area contributed by atoms with Crippen molar-refractivity contribution >= 4 is 16.0 Å². The van der Waals surface area contributed by atoms with E-state index in [4.69, 9.17) is 4.74 Å². The largest absolute Gasteiger partial charge is 0.471 e. The summed E-state index contributed by atoms with van der Waals surface area (Å²) in [4.78, 5) is 8.78. The monoisotopic (exact) mass is 414 g/mol. The second kappa shape index (κ2) is 7.45. The van der Waals surface area contributed by atoms with Crippen molar-refractivity contribution in [3.8, 4) is 17.1 Å². The highest BCUT2D eigenvalue weighted by Crippen LogP contribution is 2.29. The quantitative estimate of drug-likeness (QED) is 0.631. The third-order valence-corrected chi connectivity index (χ3v) is 5.97. The van der Waals surface area contributed by atoms with Crippen LogP contribution >= 0.6 is 0 Å². The highest BCUT2D eigenvalue weighted by molar-refractivity contribution is 7.92. The molecule has 29 heavy (non-hydrogen) atoms. The number of anilines is 1. The number of nitrogens with zero attached hydrogens (tertiary/aromatic N) is 4. The van der Waals surface area contributed by atoms with Crippen molar-refractivity contribution in [2.24, 2.45) is 7.05 Å². The molecule has 4 rings (SSSR count). The second-order valence-electron chi connectivity index (χ2n) is 7.04. The van der Waals surface area contributed by atoms with Gasteiger partial charge in [0, 0.05) is 38.0 Å². The SMILES string of the molecule is Cc1cccc(C)c1-c1cc(OC2CNC2)nc(NS(=O)(=O)c2cnn(C)c2)n1. The molecule has 2 aromatic heterocycles. The van der Waals surface area contributed by atoms with Gasteiger partial charge >= 0.3 is 0 Å². The van der Waals surface area contributed by atoms with Crippen LogP contribution in [0.25, 0.3) is 11.3 Å². The van der Waals surface area contributed by atoms with E-state index in [1.165, 1.54) is 17.1 Å². The zero-order valence-electron chi connectivity index (χ0n) is 16.4. The molecule has 0 atom stereocenters. The molecule has 152 valence electrons. The van der Waals surface area contributed by atoms with Gasteiger partial charge in [-0.15, -0.1) is 0 Å². The van der Waals surface area contributed by atoms with Crippen LogP contribution in [0.1, 0.15) is 11.1 Å². The summed E-state index contributed by atoms with van der Waals surface area (Å²) in [5, 5.41) is 7.05. The molecule has 3 aromatic rings. The molecule has 0 spiro atoms. The van der Waals surface area contributed by atoms with E-state index < -0.39 is 10.0 Å². The van der Waals surface area contributed by atoms with Crippen molar-refractivity contribution in [1.82, 2.24) is 25.1 Å². The van der Waals surface area contributed by atoms with Crippen molar-refractivity contribution in [1.29, 1.82) is 0 Å². The van der Waals surface area contributed by atoms with Gasteiger partial charge in [0.15, 0.2) is 0 Å². The van der Waals surface area contributed by atoms with Crippen LogP contribution < -0.4 is 14.8 Å². The van der Waals surface area contributed by atoms with Crippen LogP contribution in [-0.4, -0.2) is 47.4 Å². The van der Waals surface area contributed by atoms with E-state index in [2.05, 4.69) is 25.1 Å². The molecular formula is C19H22N6O3S. The van der Waals surface area contributed by atoms with Gasteiger partial charge in [-0.2, -0.15) is 10.1 Å². The summed E-state index contributed by atoms with van der Waals surface area (Å²) in [7, 11) is -2.23. The molecule has 1 aliphatic heterocycles. The van der Waals surface area contributed by atoms with Gasteiger partial charge in [0.1, 0.15) is 11.0 Å². The predicted molar refractivity (Wildman–Crippen MR) is 108 cm³/mol. The summed E-state index contributed by atoms with van der Waals surface area (Å²) in [6.07, 6.45) is 2.68. The lowest BCUT2D eigenvalue weighted by atomic mass is 10.00. The van der Waals surface area contributed by atoms with Gasteiger partial charge in [-0.1, -0.05) is 18.2 Å². The molecule has 3 heterocycles. The number of hydrogen-bond acceptors (Lipinski definition) is 7. The smallest absolute Gasteiger partial charge is 0.267 e. The fraction of sp³-hybridized carbons (Fsp3) is 0.316. The highest BCUT2D eigenvalue weighted by atomic mass is 32.2. The fourth-order valence-corrected chi connectivity index (χ4v) is 4.04. The van der Waals surface area contributed by atoms with E-state index in [1.54, 1.807) is 13.1 Å². The topological polar surface area (TPSA) is 111 Å². The molecule has 1 aromatic carbocycles. The van der Waals surface area contributed by atoms with Gasteiger partial charge in [-0.05, 0) is 25.0 Å². The number of rotatable bonds is 6. The van der Waals surface area contributed by atoms with Crippen LogP contribution in [0.2, 0.25) is 0 Å². The standard InChI is InChI=1S/C19H22N6O3S/c1-12-5-4-6-13(2)18(12)16-7-17(28-14-8-20-9-14)23-19(22-16)24-29(26,27)15-10-21-25(3)11-15/h4-7,10-11,14,20H,8-9H2,1-3H3,(H,22,23,24). The second-order valence-corrected chi connectivity index (χ2v) is 8.72. The molecule has 0 radical (unpaired) electrons. The lowest BCUT2D eigenvalue weighted by Gasteiger charge is -2.27. The summed E-state index contributed by atoms with van der Waals surface area (Å²) < 4.78 is 35.2. The Morgan fingerprint density at radius 2 is 1.93 bits per heavy atom. The van der Waals surface area contributed by atoms with Gasteiger partial charge in [0.2, 0.25) is 11.8 Å². The van der Waals surface area contributed by atoms with Crippen molar-refractivity contribution in [2.75, 3.05) is 17.8 Å². The zero-order chi connectivity index (χ0) is 20.6. The average Bonchev–Trinajstić information content (AvgIpc) is 3.05. The van der Waals surface area contributed by atoms with E-state index >= 15 is 0 Å². The Morgan fingerprint density at radius 1 is 1.21 bits per heavy atom. The van der Waals surface area contributed by atoms with Crippen molar-refractivity contribution < 1.29 is 13.2 Å². The molecule has 9 nitrogen and oxygen atoms in total. The van der Waals surface area contributed by atoms with Crippen molar-refractivity contribution in [3.63, 3.8) is 0 Å². The number of benzene rings is 1. The Hall–Kier alpha value is -2.98. The fourth-order valence-electron chi connectivity index (χ4n) is 3.11. The van der Waals surface area contributed by atoms with E-state index in [-0.39, 0.29) is 16.9 Å². The number of aryl methyl sites for hydroxylation is 3. The number of hydrogen-bond donors (Lipinski definition) is 2. The Labute approximate surface area is 169 Å². The summed E-state index contributed by atoms with van der Waals surface area (Å²) in [5.74, 6) is 0.282. The molecule has 1 fully saturated rings. The number of nitrogens with one attached hydrogen (secondary N) is 2. The average molecular weight is 414 g/mol. The van der Waals surface area contributed by atoms with Gasteiger partial charge in [-0.3, -0.25) is 4.68 Å². The molecule has 0 amide bonds. The molecule has 2 N–H and O–H groups in total. The first-order valence-corrected chi connectivity index (χ1v) is 10.6. The van der Waals surface area contributed by atoms with Crippen LogP contribution in [0.4, 0.5) is 5.95 Å². The Kier molecular flexibility index (Phi) is 4.97. The predicted octanol–water partition coefficient (Wildman–Crippen LogP) is 1.65. The van der Waals surface area contributed by atoms with E-state index in [0.29, 0.717) is 11.6 Å². The molecule has 1 saturated heterocycles. The minimum absolute atomic E-state index is 0.00139. The van der Waals surface area contributed by atoms with Gasteiger partial charge in [0.25, 0.3) is 10.0 Å². The summed E-state index contributed by atoms with van der Waals surface area (Å²) >= 11 is 0. The third kappa shape index (κ3) is 4.08. The molecule has 0 bridgehead atoms. The Morgan fingerprint density at radius 3 is 2.52 bits per heavy atom. The summed E-state index contributed by atoms with van der Waals surface area (Å²) in [5.41, 5.74) is 3.58. The maximum absolute atomic E-state index is 12.7. The lowest BCUT2D eigenvalue weighted by Crippen LogP contribution is -2.50. The van der Waals surface area contributed by atoms with Crippen LogP contribution in [-0.2, 0) is 17.1 Å². The molecule has 0 saturated carbocycles. The minimum Gasteiger partial charge on any atom is -0.471 e. The molecule has 10 heteroatoms. The minimum atomic E-state index is -3.87. The third-order valence-electron chi connectivity index (χ3n) is 4.69. The zero-order valence-corrected chi connectivity index (χ0v) is 17.2. The maximum Gasteiger partial charge on any atom is 0.267 e. The van der Waals surface area contributed by atoms with Gasteiger partial charge in [-0.25, -0.2) is 18.1 Å². The number of ether oxygens (including phenoxy) is 1. The number of aromatic nitrogens is 4. The molecule has 1 aliphatic rings. The van der Waals surface area contributed by atoms with Gasteiger partial charge < -0.3 is 10.1 Å². The van der Waals surface area contributed by atoms with Crippen LogP contribution in [0, 0.1) is 13.8 Å². The van der Waals surface area contributed by atoms with E-state index in [9.17, 15) is 8.42 Å². The molecule has 0 aliphatic carbocycles. The Balaban J connectivity index is 1.75.